The standard InChI is InChI=1S/C7H7N5O/c1-4(13)5-2-8-6(11-5)7-9-3-10-12-7/h2-3H,1H3,(H,8,11)(H,9,10,12). The summed E-state index contributed by atoms with van der Waals surface area (Å²) in [6.45, 7) is 1.47. The Labute approximate surface area is 73.4 Å². The molecule has 0 radical (unpaired) electrons. The lowest BCUT2D eigenvalue weighted by molar-refractivity contribution is 0.101. The van der Waals surface area contributed by atoms with Crippen molar-refractivity contribution in [2.45, 2.75) is 6.92 Å². The van der Waals surface area contributed by atoms with Crippen LogP contribution in [0, 0.1) is 0 Å². The second kappa shape index (κ2) is 2.81. The van der Waals surface area contributed by atoms with Crippen molar-refractivity contribution in [3.05, 3.63) is 18.2 Å². The largest absolute Gasteiger partial charge is 0.333 e. The summed E-state index contributed by atoms with van der Waals surface area (Å²) in [6, 6.07) is 0. The van der Waals surface area contributed by atoms with Gasteiger partial charge in [0.15, 0.2) is 17.4 Å². The SMILES string of the molecule is CC(=O)c1cnc(-c2ncn[nH]2)[nH]1. The van der Waals surface area contributed by atoms with Crippen LogP contribution >= 0.6 is 0 Å². The number of aromatic amines is 2. The first-order valence-corrected chi connectivity index (χ1v) is 3.69. The van der Waals surface area contributed by atoms with Crippen LogP contribution in [0.2, 0.25) is 0 Å². The van der Waals surface area contributed by atoms with E-state index in [-0.39, 0.29) is 5.78 Å². The van der Waals surface area contributed by atoms with Crippen LogP contribution in [0.5, 0.6) is 0 Å². The second-order valence-corrected chi connectivity index (χ2v) is 2.54. The molecule has 2 aromatic heterocycles. The molecule has 0 bridgehead atoms. The molecule has 0 aromatic carbocycles. The third-order valence-electron chi connectivity index (χ3n) is 1.59. The lowest BCUT2D eigenvalue weighted by Gasteiger charge is -1.87. The molecule has 0 saturated carbocycles. The first kappa shape index (κ1) is 7.66. The molecule has 2 aromatic rings. The Morgan fingerprint density at radius 3 is 2.77 bits per heavy atom. The molecule has 0 unspecified atom stereocenters. The van der Waals surface area contributed by atoms with Gasteiger partial charge in [-0.05, 0) is 0 Å². The Kier molecular flexibility index (Phi) is 1.66. The average Bonchev–Trinajstić information content (AvgIpc) is 2.75. The number of hydrogen-bond donors (Lipinski definition) is 2. The monoisotopic (exact) mass is 177 g/mol. The van der Waals surface area contributed by atoms with Gasteiger partial charge in [-0.2, -0.15) is 5.10 Å². The Hall–Kier alpha value is -1.98. The number of aromatic nitrogens is 5. The molecule has 2 heterocycles. The number of hydrogen-bond acceptors (Lipinski definition) is 4. The van der Waals surface area contributed by atoms with E-state index in [2.05, 4.69) is 25.1 Å². The summed E-state index contributed by atoms with van der Waals surface area (Å²) < 4.78 is 0. The van der Waals surface area contributed by atoms with E-state index in [4.69, 9.17) is 0 Å². The van der Waals surface area contributed by atoms with E-state index >= 15 is 0 Å². The van der Waals surface area contributed by atoms with Gasteiger partial charge in [0.1, 0.15) is 12.0 Å². The molecule has 66 valence electrons. The third-order valence-corrected chi connectivity index (χ3v) is 1.59. The maximum absolute atomic E-state index is 10.9. The summed E-state index contributed by atoms with van der Waals surface area (Å²) in [6.07, 6.45) is 2.85. The van der Waals surface area contributed by atoms with Gasteiger partial charge in [-0.25, -0.2) is 9.97 Å². The molecule has 0 atom stereocenters. The summed E-state index contributed by atoms with van der Waals surface area (Å²) in [4.78, 5) is 21.6. The summed E-state index contributed by atoms with van der Waals surface area (Å²) in [5.41, 5.74) is 0.464. The van der Waals surface area contributed by atoms with E-state index in [0.29, 0.717) is 17.3 Å². The fourth-order valence-electron chi connectivity index (χ4n) is 0.940. The van der Waals surface area contributed by atoms with Crippen LogP contribution < -0.4 is 0 Å². The van der Waals surface area contributed by atoms with Crippen molar-refractivity contribution < 1.29 is 4.79 Å². The van der Waals surface area contributed by atoms with Gasteiger partial charge in [-0.1, -0.05) is 0 Å². The van der Waals surface area contributed by atoms with Gasteiger partial charge in [0.2, 0.25) is 0 Å². The normalized spacial score (nSPS) is 10.2. The zero-order chi connectivity index (χ0) is 9.26. The lowest BCUT2D eigenvalue weighted by atomic mass is 10.3. The van der Waals surface area contributed by atoms with Gasteiger partial charge >= 0.3 is 0 Å². The van der Waals surface area contributed by atoms with Crippen LogP contribution in [0.15, 0.2) is 12.5 Å². The van der Waals surface area contributed by atoms with Gasteiger partial charge in [-0.15, -0.1) is 0 Å². The first-order chi connectivity index (χ1) is 6.27. The van der Waals surface area contributed by atoms with Crippen LogP contribution in [0.25, 0.3) is 11.6 Å². The van der Waals surface area contributed by atoms with E-state index in [0.717, 1.165) is 0 Å². The summed E-state index contributed by atoms with van der Waals surface area (Å²) in [5.74, 6) is 0.980. The maximum Gasteiger partial charge on any atom is 0.191 e. The van der Waals surface area contributed by atoms with E-state index < -0.39 is 0 Å². The highest BCUT2D eigenvalue weighted by atomic mass is 16.1. The fraction of sp³-hybridized carbons (Fsp3) is 0.143. The Bertz CT molecular complexity index is 416. The molecule has 6 heteroatoms. The topological polar surface area (TPSA) is 87.3 Å². The number of ketones is 1. The minimum absolute atomic E-state index is 0.0572. The van der Waals surface area contributed by atoms with Crippen molar-refractivity contribution in [2.24, 2.45) is 0 Å². The van der Waals surface area contributed by atoms with Gasteiger partial charge in [0, 0.05) is 6.92 Å². The van der Waals surface area contributed by atoms with Crippen LogP contribution in [-0.2, 0) is 0 Å². The molecule has 6 nitrogen and oxygen atoms in total. The van der Waals surface area contributed by atoms with Gasteiger partial charge in [-0.3, -0.25) is 9.89 Å². The smallest absolute Gasteiger partial charge is 0.191 e. The van der Waals surface area contributed by atoms with Crippen LogP contribution in [0.4, 0.5) is 0 Å². The fourth-order valence-corrected chi connectivity index (χ4v) is 0.940. The van der Waals surface area contributed by atoms with Crippen molar-refractivity contribution >= 4 is 5.78 Å². The van der Waals surface area contributed by atoms with Gasteiger partial charge in [0.25, 0.3) is 0 Å². The number of carbonyl (C=O) groups is 1. The summed E-state index contributed by atoms with van der Waals surface area (Å²) >= 11 is 0. The predicted octanol–water partition coefficient (Wildman–Crippen LogP) is 0.397. The molecule has 13 heavy (non-hydrogen) atoms. The lowest BCUT2D eigenvalue weighted by Crippen LogP contribution is -1.91. The quantitative estimate of drug-likeness (QED) is 0.650. The van der Waals surface area contributed by atoms with Crippen LogP contribution in [0.3, 0.4) is 0 Å². The number of carbonyl (C=O) groups excluding carboxylic acids is 1. The molecule has 0 saturated heterocycles. The van der Waals surface area contributed by atoms with E-state index in [1.807, 2.05) is 0 Å². The van der Waals surface area contributed by atoms with Crippen molar-refractivity contribution in [2.75, 3.05) is 0 Å². The molecule has 2 rings (SSSR count). The zero-order valence-electron chi connectivity index (χ0n) is 6.90. The highest BCUT2D eigenvalue weighted by Gasteiger charge is 2.07. The molecule has 0 amide bonds. The first-order valence-electron chi connectivity index (χ1n) is 3.69. The van der Waals surface area contributed by atoms with Crippen molar-refractivity contribution in [3.8, 4) is 11.6 Å². The predicted molar refractivity (Wildman–Crippen MR) is 44.0 cm³/mol. The summed E-state index contributed by atoms with van der Waals surface area (Å²) in [5, 5.41) is 6.31. The average molecular weight is 177 g/mol. The molecule has 2 N–H and O–H groups in total. The molecule has 0 fully saturated rings. The molecular formula is C7H7N5O. The van der Waals surface area contributed by atoms with Crippen molar-refractivity contribution in [3.63, 3.8) is 0 Å². The van der Waals surface area contributed by atoms with E-state index in [1.165, 1.54) is 19.4 Å². The molecular weight excluding hydrogens is 170 g/mol. The number of Topliss-reactive ketones (excluding diaryl/α,β-unsaturated/α-hetero) is 1. The maximum atomic E-state index is 10.9. The number of H-pyrrole nitrogens is 2. The summed E-state index contributed by atoms with van der Waals surface area (Å²) in [7, 11) is 0. The Morgan fingerprint density at radius 1 is 1.38 bits per heavy atom. The number of imidazole rings is 1. The molecule has 0 aliphatic heterocycles. The minimum Gasteiger partial charge on any atom is -0.333 e. The van der Waals surface area contributed by atoms with E-state index in [9.17, 15) is 4.79 Å². The molecule has 0 aliphatic carbocycles. The number of nitrogens with one attached hydrogen (secondary N) is 2. The van der Waals surface area contributed by atoms with Crippen molar-refractivity contribution in [1.82, 2.24) is 25.1 Å². The second-order valence-electron chi connectivity index (χ2n) is 2.54. The van der Waals surface area contributed by atoms with Crippen molar-refractivity contribution in [1.29, 1.82) is 0 Å². The highest BCUT2D eigenvalue weighted by Crippen LogP contribution is 2.08. The third kappa shape index (κ3) is 1.33. The Morgan fingerprint density at radius 2 is 2.23 bits per heavy atom. The van der Waals surface area contributed by atoms with Gasteiger partial charge < -0.3 is 4.98 Å². The Balaban J connectivity index is 2.39. The van der Waals surface area contributed by atoms with E-state index in [1.54, 1.807) is 0 Å². The zero-order valence-corrected chi connectivity index (χ0v) is 6.90. The molecule has 0 aliphatic rings. The van der Waals surface area contributed by atoms with Crippen LogP contribution in [0.1, 0.15) is 17.4 Å². The highest BCUT2D eigenvalue weighted by molar-refractivity contribution is 5.92. The minimum atomic E-state index is -0.0572. The molecule has 0 spiro atoms. The van der Waals surface area contributed by atoms with Crippen LogP contribution in [-0.4, -0.2) is 30.9 Å². The number of rotatable bonds is 2. The van der Waals surface area contributed by atoms with Gasteiger partial charge in [0.05, 0.1) is 6.20 Å². The number of nitrogens with zero attached hydrogens (tertiary/aromatic N) is 3.